The van der Waals surface area contributed by atoms with E-state index in [1.807, 2.05) is 46.8 Å². The molecule has 192 valence electrons. The number of hydrogen-bond acceptors (Lipinski definition) is 5. The van der Waals surface area contributed by atoms with Crippen LogP contribution in [0.1, 0.15) is 45.2 Å². The molecular formula is C26H37N3O5S. The van der Waals surface area contributed by atoms with Gasteiger partial charge in [0.1, 0.15) is 18.3 Å². The van der Waals surface area contributed by atoms with E-state index in [0.29, 0.717) is 17.9 Å². The van der Waals surface area contributed by atoms with Gasteiger partial charge in [0, 0.05) is 12.1 Å². The Kier molecular flexibility index (Phi) is 9.31. The van der Waals surface area contributed by atoms with E-state index >= 15 is 0 Å². The predicted octanol–water partition coefficient (Wildman–Crippen LogP) is 3.49. The zero-order chi connectivity index (χ0) is 26.4. The van der Waals surface area contributed by atoms with E-state index in [-0.39, 0.29) is 12.5 Å². The maximum absolute atomic E-state index is 13.7. The molecule has 0 aliphatic rings. The molecule has 9 heteroatoms. The lowest BCUT2D eigenvalue weighted by Gasteiger charge is -2.34. The highest BCUT2D eigenvalue weighted by molar-refractivity contribution is 7.92. The molecule has 2 rings (SSSR count). The van der Waals surface area contributed by atoms with Gasteiger partial charge in [0.2, 0.25) is 21.8 Å². The van der Waals surface area contributed by atoms with E-state index in [1.54, 1.807) is 43.5 Å². The van der Waals surface area contributed by atoms with E-state index in [1.165, 1.54) is 4.90 Å². The number of rotatable bonds is 10. The number of amides is 2. The van der Waals surface area contributed by atoms with Gasteiger partial charge >= 0.3 is 0 Å². The van der Waals surface area contributed by atoms with Crippen LogP contribution in [0.2, 0.25) is 0 Å². The lowest BCUT2D eigenvalue weighted by atomic mass is 10.1. The fourth-order valence-electron chi connectivity index (χ4n) is 3.66. The molecule has 8 nitrogen and oxygen atoms in total. The zero-order valence-electron chi connectivity index (χ0n) is 21.7. The van der Waals surface area contributed by atoms with Crippen LogP contribution in [0.3, 0.4) is 0 Å². The first-order valence-electron chi connectivity index (χ1n) is 11.5. The van der Waals surface area contributed by atoms with Crippen molar-refractivity contribution in [2.75, 3.05) is 24.2 Å². The molecule has 1 atom stereocenters. The van der Waals surface area contributed by atoms with Gasteiger partial charge in [-0.05, 0) is 63.9 Å². The molecule has 2 amide bonds. The molecular weight excluding hydrogens is 466 g/mol. The first-order chi connectivity index (χ1) is 16.2. The number of carbonyl (C=O) groups is 2. The summed E-state index contributed by atoms with van der Waals surface area (Å²) < 4.78 is 31.6. The van der Waals surface area contributed by atoms with Crippen molar-refractivity contribution >= 4 is 27.5 Å². The Morgan fingerprint density at radius 1 is 1.09 bits per heavy atom. The van der Waals surface area contributed by atoms with Crippen LogP contribution < -0.4 is 14.4 Å². The summed E-state index contributed by atoms with van der Waals surface area (Å²) in [6, 6.07) is 13.4. The number of ether oxygens (including phenoxy) is 1. The van der Waals surface area contributed by atoms with Crippen LogP contribution in [0.15, 0.2) is 48.5 Å². The largest absolute Gasteiger partial charge is 0.497 e. The van der Waals surface area contributed by atoms with E-state index in [0.717, 1.165) is 21.7 Å². The number of nitrogens with one attached hydrogen (secondary N) is 1. The highest BCUT2D eigenvalue weighted by atomic mass is 32.2. The lowest BCUT2D eigenvalue weighted by Crippen LogP contribution is -2.55. The van der Waals surface area contributed by atoms with Crippen LogP contribution >= 0.6 is 0 Å². The summed E-state index contributed by atoms with van der Waals surface area (Å²) in [6.07, 6.45) is 1.43. The third-order valence-electron chi connectivity index (χ3n) is 5.37. The van der Waals surface area contributed by atoms with Crippen LogP contribution in [0.5, 0.6) is 5.75 Å². The van der Waals surface area contributed by atoms with Gasteiger partial charge in [-0.15, -0.1) is 0 Å². The summed E-state index contributed by atoms with van der Waals surface area (Å²) >= 11 is 0. The molecule has 1 N–H and O–H groups in total. The number of carbonyl (C=O) groups excluding carboxylic acids is 2. The number of hydrogen-bond donors (Lipinski definition) is 1. The number of nitrogens with zero attached hydrogens (tertiary/aromatic N) is 2. The quantitative estimate of drug-likeness (QED) is 0.535. The SMILES string of the molecule is CC[C@H](C(=O)NC(C)(C)C)N(Cc1cccc(OC)c1)C(=O)CN(c1ccc(C)cc1)S(C)(=O)=O. The van der Waals surface area contributed by atoms with Crippen LogP contribution in [-0.2, 0) is 26.2 Å². The second kappa shape index (κ2) is 11.6. The van der Waals surface area contributed by atoms with Gasteiger partial charge < -0.3 is 15.0 Å². The first kappa shape index (κ1) is 28.2. The Morgan fingerprint density at radius 3 is 2.23 bits per heavy atom. The Balaban J connectivity index is 2.46. The maximum Gasteiger partial charge on any atom is 0.244 e. The number of aryl methyl sites for hydroxylation is 1. The number of benzene rings is 2. The summed E-state index contributed by atoms with van der Waals surface area (Å²) in [7, 11) is -2.20. The van der Waals surface area contributed by atoms with Crippen LogP contribution in [0.25, 0.3) is 0 Å². The average molecular weight is 504 g/mol. The fourth-order valence-corrected chi connectivity index (χ4v) is 4.51. The van der Waals surface area contributed by atoms with Crippen molar-refractivity contribution in [1.29, 1.82) is 0 Å². The Hall–Kier alpha value is -3.07. The molecule has 0 radical (unpaired) electrons. The topological polar surface area (TPSA) is 96.0 Å². The van der Waals surface area contributed by atoms with Gasteiger partial charge in [-0.3, -0.25) is 13.9 Å². The smallest absolute Gasteiger partial charge is 0.244 e. The minimum Gasteiger partial charge on any atom is -0.497 e. The molecule has 2 aromatic rings. The summed E-state index contributed by atoms with van der Waals surface area (Å²) in [5.41, 5.74) is 1.63. The molecule has 0 aromatic heterocycles. The molecule has 0 saturated heterocycles. The van der Waals surface area contributed by atoms with E-state index in [4.69, 9.17) is 4.74 Å². The minimum absolute atomic E-state index is 0.123. The molecule has 0 aliphatic carbocycles. The molecule has 0 aliphatic heterocycles. The molecule has 0 saturated carbocycles. The van der Waals surface area contributed by atoms with Crippen molar-refractivity contribution in [3.8, 4) is 5.75 Å². The van der Waals surface area contributed by atoms with Gasteiger partial charge in [0.05, 0.1) is 19.1 Å². The van der Waals surface area contributed by atoms with Crippen molar-refractivity contribution in [1.82, 2.24) is 10.2 Å². The molecule has 0 heterocycles. The van der Waals surface area contributed by atoms with Crippen molar-refractivity contribution in [3.63, 3.8) is 0 Å². The van der Waals surface area contributed by atoms with Crippen LogP contribution in [0.4, 0.5) is 5.69 Å². The van der Waals surface area contributed by atoms with Crippen LogP contribution in [-0.4, -0.2) is 56.6 Å². The standard InChI is InChI=1S/C26H37N3O5S/c1-8-23(25(31)27-26(3,4)5)28(17-20-10-9-11-22(16-20)34-6)24(30)18-29(35(7,32)33)21-14-12-19(2)13-15-21/h9-16,23H,8,17-18H2,1-7H3,(H,27,31)/t23-/m1/s1. The molecule has 35 heavy (non-hydrogen) atoms. The van der Waals surface area contributed by atoms with Crippen molar-refractivity contribution in [2.45, 2.75) is 59.2 Å². The first-order valence-corrected chi connectivity index (χ1v) is 13.4. The highest BCUT2D eigenvalue weighted by Crippen LogP contribution is 2.21. The Labute approximate surface area is 209 Å². The number of sulfonamides is 1. The minimum atomic E-state index is -3.76. The highest BCUT2D eigenvalue weighted by Gasteiger charge is 2.33. The average Bonchev–Trinajstić information content (AvgIpc) is 2.76. The second-order valence-corrected chi connectivity index (χ2v) is 11.5. The van der Waals surface area contributed by atoms with Crippen molar-refractivity contribution in [3.05, 3.63) is 59.7 Å². The third kappa shape index (κ3) is 8.28. The van der Waals surface area contributed by atoms with Gasteiger partial charge in [-0.1, -0.05) is 36.8 Å². The summed E-state index contributed by atoms with van der Waals surface area (Å²) in [5.74, 6) is -0.147. The summed E-state index contributed by atoms with van der Waals surface area (Å²) in [4.78, 5) is 28.3. The Bertz CT molecular complexity index is 1120. The van der Waals surface area contributed by atoms with E-state index < -0.39 is 34.1 Å². The van der Waals surface area contributed by atoms with Crippen molar-refractivity contribution < 1.29 is 22.7 Å². The number of methoxy groups -OCH3 is 1. The maximum atomic E-state index is 13.7. The van der Waals surface area contributed by atoms with E-state index in [9.17, 15) is 18.0 Å². The van der Waals surface area contributed by atoms with Crippen molar-refractivity contribution in [2.24, 2.45) is 0 Å². The molecule has 0 fully saturated rings. The summed E-state index contributed by atoms with van der Waals surface area (Å²) in [5, 5.41) is 2.95. The summed E-state index contributed by atoms with van der Waals surface area (Å²) in [6.45, 7) is 9.03. The third-order valence-corrected chi connectivity index (χ3v) is 6.51. The second-order valence-electron chi connectivity index (χ2n) is 9.64. The lowest BCUT2D eigenvalue weighted by molar-refractivity contribution is -0.141. The van der Waals surface area contributed by atoms with Gasteiger partial charge in [-0.25, -0.2) is 8.42 Å². The molecule has 0 spiro atoms. The molecule has 2 aromatic carbocycles. The van der Waals surface area contributed by atoms with Gasteiger partial charge in [0.15, 0.2) is 0 Å². The fraction of sp³-hybridized carbons (Fsp3) is 0.462. The van der Waals surface area contributed by atoms with Crippen LogP contribution in [0, 0.1) is 6.92 Å². The molecule has 0 bridgehead atoms. The normalized spacial score (nSPS) is 12.5. The van der Waals surface area contributed by atoms with Gasteiger partial charge in [-0.2, -0.15) is 0 Å². The molecule has 0 unspecified atom stereocenters. The predicted molar refractivity (Wildman–Crippen MR) is 139 cm³/mol. The monoisotopic (exact) mass is 503 g/mol. The zero-order valence-corrected chi connectivity index (χ0v) is 22.5. The van der Waals surface area contributed by atoms with Gasteiger partial charge in [0.25, 0.3) is 0 Å². The Morgan fingerprint density at radius 2 is 1.71 bits per heavy atom. The number of anilines is 1. The van der Waals surface area contributed by atoms with E-state index in [2.05, 4.69) is 5.32 Å².